The van der Waals surface area contributed by atoms with Crippen LogP contribution >= 0.6 is 15.9 Å². The number of hydrogen-bond donors (Lipinski definition) is 0. The number of nitrogens with zero attached hydrogens (tertiary/aromatic N) is 1. The van der Waals surface area contributed by atoms with Crippen molar-refractivity contribution in [3.63, 3.8) is 0 Å². The van der Waals surface area contributed by atoms with E-state index in [4.69, 9.17) is 4.74 Å². The van der Waals surface area contributed by atoms with Crippen LogP contribution < -0.4 is 4.74 Å². The molecule has 0 N–H and O–H groups in total. The number of halogens is 2. The summed E-state index contributed by atoms with van der Waals surface area (Å²) in [5, 5.41) is 10.1. The Labute approximate surface area is 93.6 Å². The minimum Gasteiger partial charge on any atom is -0.496 e. The molecule has 4 nitrogen and oxygen atoms in total. The lowest BCUT2D eigenvalue weighted by molar-refractivity contribution is -0.401. The molecule has 0 radical (unpaired) electrons. The van der Waals surface area contributed by atoms with Gasteiger partial charge in [0.15, 0.2) is 0 Å². The van der Waals surface area contributed by atoms with Gasteiger partial charge < -0.3 is 4.74 Å². The van der Waals surface area contributed by atoms with E-state index in [2.05, 4.69) is 15.9 Å². The number of rotatable bonds is 3. The van der Waals surface area contributed by atoms with E-state index in [1.807, 2.05) is 0 Å². The Bertz CT molecular complexity index is 420. The number of hydrogen-bond acceptors (Lipinski definition) is 3. The highest BCUT2D eigenvalue weighted by atomic mass is 79.9. The highest BCUT2D eigenvalue weighted by Crippen LogP contribution is 2.27. The lowest BCUT2D eigenvalue weighted by Crippen LogP contribution is -1.92. The van der Waals surface area contributed by atoms with Crippen molar-refractivity contribution in [3.8, 4) is 5.75 Å². The van der Waals surface area contributed by atoms with Gasteiger partial charge in [-0.05, 0) is 12.1 Å². The van der Waals surface area contributed by atoms with Crippen molar-refractivity contribution in [2.45, 2.75) is 0 Å². The summed E-state index contributed by atoms with van der Waals surface area (Å²) in [5.41, 5.74) is 0.0531. The molecular formula is C9H7BrFNO3. The third kappa shape index (κ3) is 3.02. The SMILES string of the molecule is COc1cc(Br)cc(F)c1C=C[N+](=O)[O-]. The van der Waals surface area contributed by atoms with Crippen molar-refractivity contribution in [2.75, 3.05) is 7.11 Å². The first-order valence-corrected chi connectivity index (χ1v) is 4.68. The van der Waals surface area contributed by atoms with Crippen LogP contribution in [0.15, 0.2) is 22.8 Å². The summed E-state index contributed by atoms with van der Waals surface area (Å²) in [4.78, 5) is 9.43. The highest BCUT2D eigenvalue weighted by molar-refractivity contribution is 9.10. The van der Waals surface area contributed by atoms with Gasteiger partial charge in [0, 0.05) is 10.5 Å². The molecule has 0 atom stereocenters. The number of nitro groups is 1. The van der Waals surface area contributed by atoms with Gasteiger partial charge in [-0.25, -0.2) is 4.39 Å². The van der Waals surface area contributed by atoms with Gasteiger partial charge in [-0.3, -0.25) is 10.1 Å². The summed E-state index contributed by atoms with van der Waals surface area (Å²) in [6, 6.07) is 2.74. The monoisotopic (exact) mass is 275 g/mol. The van der Waals surface area contributed by atoms with Crippen LogP contribution in [0.1, 0.15) is 5.56 Å². The fraction of sp³-hybridized carbons (Fsp3) is 0.111. The van der Waals surface area contributed by atoms with Gasteiger partial charge in [-0.1, -0.05) is 15.9 Å². The van der Waals surface area contributed by atoms with Gasteiger partial charge >= 0.3 is 0 Å². The molecule has 0 aliphatic rings. The molecule has 1 aromatic carbocycles. The predicted octanol–water partition coefficient (Wildman–Crippen LogP) is 2.84. The smallest absolute Gasteiger partial charge is 0.235 e. The first-order chi connectivity index (χ1) is 7.04. The molecule has 0 heterocycles. The molecule has 6 heteroatoms. The molecule has 0 aliphatic carbocycles. The van der Waals surface area contributed by atoms with E-state index >= 15 is 0 Å². The van der Waals surface area contributed by atoms with Crippen LogP contribution in [0.5, 0.6) is 5.75 Å². The van der Waals surface area contributed by atoms with E-state index in [-0.39, 0.29) is 11.3 Å². The molecule has 15 heavy (non-hydrogen) atoms. The van der Waals surface area contributed by atoms with E-state index < -0.39 is 10.7 Å². The highest BCUT2D eigenvalue weighted by Gasteiger charge is 2.09. The minimum atomic E-state index is -0.666. The lowest BCUT2D eigenvalue weighted by Gasteiger charge is -2.05. The Morgan fingerprint density at radius 3 is 2.80 bits per heavy atom. The van der Waals surface area contributed by atoms with Crippen molar-refractivity contribution in [1.82, 2.24) is 0 Å². The van der Waals surface area contributed by atoms with E-state index in [9.17, 15) is 14.5 Å². The van der Waals surface area contributed by atoms with E-state index in [0.717, 1.165) is 6.08 Å². The van der Waals surface area contributed by atoms with Gasteiger partial charge in [-0.2, -0.15) is 0 Å². The summed E-state index contributed by atoms with van der Waals surface area (Å²) in [5.74, 6) is -0.348. The van der Waals surface area contributed by atoms with Crippen molar-refractivity contribution in [1.29, 1.82) is 0 Å². The third-order valence-electron chi connectivity index (χ3n) is 1.64. The fourth-order valence-electron chi connectivity index (χ4n) is 1.03. The second kappa shape index (κ2) is 4.88. The summed E-state index contributed by atoms with van der Waals surface area (Å²) in [7, 11) is 1.37. The molecule has 0 aromatic heterocycles. The fourth-order valence-corrected chi connectivity index (χ4v) is 1.44. The topological polar surface area (TPSA) is 52.4 Å². The molecular weight excluding hydrogens is 269 g/mol. The molecule has 0 saturated heterocycles. The normalized spacial score (nSPS) is 10.6. The van der Waals surface area contributed by atoms with Crippen LogP contribution in [-0.4, -0.2) is 12.0 Å². The van der Waals surface area contributed by atoms with Crippen LogP contribution in [-0.2, 0) is 0 Å². The maximum absolute atomic E-state index is 13.4. The van der Waals surface area contributed by atoms with Gasteiger partial charge in [0.1, 0.15) is 11.6 Å². The zero-order valence-electron chi connectivity index (χ0n) is 7.74. The Morgan fingerprint density at radius 2 is 2.27 bits per heavy atom. The summed E-state index contributed by atoms with van der Waals surface area (Å²) in [6.07, 6.45) is 1.72. The Hall–Kier alpha value is -1.43. The van der Waals surface area contributed by atoms with Crippen LogP contribution in [0.4, 0.5) is 4.39 Å². The summed E-state index contributed by atoms with van der Waals surface area (Å²) in [6.45, 7) is 0. The van der Waals surface area contributed by atoms with Crippen molar-refractivity contribution < 1.29 is 14.1 Å². The molecule has 0 saturated carbocycles. The second-order valence-corrected chi connectivity index (χ2v) is 3.52. The van der Waals surface area contributed by atoms with Crippen LogP contribution in [0.25, 0.3) is 6.08 Å². The zero-order valence-corrected chi connectivity index (χ0v) is 9.32. The molecule has 1 aromatic rings. The molecule has 0 amide bonds. The maximum Gasteiger partial charge on any atom is 0.235 e. The molecule has 0 fully saturated rings. The van der Waals surface area contributed by atoms with Crippen LogP contribution in [0, 0.1) is 15.9 Å². The summed E-state index contributed by atoms with van der Waals surface area (Å²) >= 11 is 3.09. The standard InChI is InChI=1S/C9H7BrFNO3/c1-15-9-5-6(10)4-8(11)7(9)2-3-12(13)14/h2-5H,1H3. The third-order valence-corrected chi connectivity index (χ3v) is 2.10. The predicted molar refractivity (Wildman–Crippen MR) is 56.7 cm³/mol. The summed E-state index contributed by atoms with van der Waals surface area (Å²) < 4.78 is 18.8. The molecule has 0 aliphatic heterocycles. The van der Waals surface area contributed by atoms with E-state index in [1.165, 1.54) is 19.2 Å². The average Bonchev–Trinajstić information content (AvgIpc) is 2.14. The molecule has 0 unspecified atom stereocenters. The molecule has 0 spiro atoms. The van der Waals surface area contributed by atoms with Gasteiger partial charge in [0.05, 0.1) is 17.6 Å². The largest absolute Gasteiger partial charge is 0.496 e. The van der Waals surface area contributed by atoms with Crippen molar-refractivity contribution in [3.05, 3.63) is 44.3 Å². The quantitative estimate of drug-likeness (QED) is 0.630. The first kappa shape index (κ1) is 11.6. The van der Waals surface area contributed by atoms with Crippen molar-refractivity contribution >= 4 is 22.0 Å². The number of ether oxygens (including phenoxy) is 1. The van der Waals surface area contributed by atoms with Gasteiger partial charge in [-0.15, -0.1) is 0 Å². The van der Waals surface area contributed by atoms with Crippen LogP contribution in [0.3, 0.4) is 0 Å². The number of methoxy groups -OCH3 is 1. The van der Waals surface area contributed by atoms with Gasteiger partial charge in [0.2, 0.25) is 6.20 Å². The molecule has 80 valence electrons. The van der Waals surface area contributed by atoms with Crippen molar-refractivity contribution in [2.24, 2.45) is 0 Å². The van der Waals surface area contributed by atoms with E-state index in [0.29, 0.717) is 10.7 Å². The molecule has 0 bridgehead atoms. The van der Waals surface area contributed by atoms with E-state index in [1.54, 1.807) is 0 Å². The zero-order chi connectivity index (χ0) is 11.4. The van der Waals surface area contributed by atoms with Crippen LogP contribution in [0.2, 0.25) is 0 Å². The average molecular weight is 276 g/mol. The second-order valence-electron chi connectivity index (χ2n) is 2.60. The Kier molecular flexibility index (Phi) is 3.79. The first-order valence-electron chi connectivity index (χ1n) is 3.89. The van der Waals surface area contributed by atoms with Gasteiger partial charge in [0.25, 0.3) is 0 Å². The Morgan fingerprint density at radius 1 is 1.60 bits per heavy atom. The maximum atomic E-state index is 13.4. The number of benzene rings is 1. The lowest BCUT2D eigenvalue weighted by atomic mass is 10.2. The Balaban J connectivity index is 3.20. The molecule has 1 rings (SSSR count). The minimum absolute atomic E-state index is 0.0531.